The summed E-state index contributed by atoms with van der Waals surface area (Å²) in [5.74, 6) is 0. The van der Waals surface area contributed by atoms with E-state index >= 15 is 0 Å². The van der Waals surface area contributed by atoms with E-state index < -0.39 is 10.8 Å². The van der Waals surface area contributed by atoms with E-state index in [-0.39, 0.29) is 10.7 Å². The first-order chi connectivity index (χ1) is 7.63. The lowest BCUT2D eigenvalue weighted by molar-refractivity contribution is 0.606. The first-order valence-electron chi connectivity index (χ1n) is 5.51. The molecule has 1 aliphatic heterocycles. The van der Waals surface area contributed by atoms with E-state index in [1.165, 1.54) is 11.1 Å². The summed E-state index contributed by atoms with van der Waals surface area (Å²) < 4.78 is 12.4. The molecule has 3 unspecified atom stereocenters. The fourth-order valence-electron chi connectivity index (χ4n) is 2.63. The summed E-state index contributed by atoms with van der Waals surface area (Å²) in [6.45, 7) is 4.27. The molecule has 0 spiro atoms. The molecular weight excluding hydrogens is 216 g/mol. The molecule has 2 heteroatoms. The van der Waals surface area contributed by atoms with Crippen LogP contribution in [0, 0.1) is 6.92 Å². The van der Waals surface area contributed by atoms with Gasteiger partial charge < -0.3 is 0 Å². The molecule has 0 saturated carbocycles. The van der Waals surface area contributed by atoms with Gasteiger partial charge in [0.25, 0.3) is 0 Å². The van der Waals surface area contributed by atoms with E-state index in [0.29, 0.717) is 0 Å². The van der Waals surface area contributed by atoms with Gasteiger partial charge in [-0.3, -0.25) is 4.21 Å². The fraction of sp³-hybridized carbons (Fsp3) is 0.286. The zero-order valence-corrected chi connectivity index (χ0v) is 10.3. The van der Waals surface area contributed by atoms with Crippen LogP contribution >= 0.6 is 0 Å². The van der Waals surface area contributed by atoms with Crippen molar-refractivity contribution in [2.45, 2.75) is 29.4 Å². The third-order valence-electron chi connectivity index (χ3n) is 3.59. The SMILES string of the molecule is Cc1ccc2c(c1)C1(C)C=CC=CC1S2=O. The minimum Gasteiger partial charge on any atom is -0.254 e. The van der Waals surface area contributed by atoms with Crippen LogP contribution in [0.2, 0.25) is 0 Å². The third kappa shape index (κ3) is 1.14. The quantitative estimate of drug-likeness (QED) is 0.670. The number of fused-ring (bicyclic) bond motifs is 3. The van der Waals surface area contributed by atoms with Gasteiger partial charge in [-0.1, -0.05) is 48.9 Å². The molecule has 1 aromatic carbocycles. The Morgan fingerprint density at radius 2 is 2.12 bits per heavy atom. The van der Waals surface area contributed by atoms with Gasteiger partial charge >= 0.3 is 0 Å². The first-order valence-corrected chi connectivity index (χ1v) is 6.72. The lowest BCUT2D eigenvalue weighted by Gasteiger charge is -2.28. The van der Waals surface area contributed by atoms with E-state index in [0.717, 1.165) is 4.90 Å². The molecule has 1 aliphatic carbocycles. The molecule has 82 valence electrons. The zero-order chi connectivity index (χ0) is 11.3. The minimum absolute atomic E-state index is 0.0824. The number of hydrogen-bond donors (Lipinski definition) is 0. The van der Waals surface area contributed by atoms with Crippen LogP contribution in [0.4, 0.5) is 0 Å². The standard InChI is InChI=1S/C14H14OS/c1-10-6-7-12-11(9-10)14(2)8-4-3-5-13(14)16(12)15/h3-9,13H,1-2H3. The molecule has 0 aromatic heterocycles. The van der Waals surface area contributed by atoms with Gasteiger partial charge in [-0.25, -0.2) is 0 Å². The molecule has 3 rings (SSSR count). The fourth-order valence-corrected chi connectivity index (χ4v) is 4.48. The first kappa shape index (κ1) is 10.0. The van der Waals surface area contributed by atoms with E-state index in [1.54, 1.807) is 0 Å². The molecular formula is C14H14OS. The molecule has 0 radical (unpaired) electrons. The monoisotopic (exact) mass is 230 g/mol. The minimum atomic E-state index is -0.900. The Balaban J connectivity index is 2.30. The average molecular weight is 230 g/mol. The number of rotatable bonds is 0. The normalized spacial score (nSPS) is 34.9. The Morgan fingerprint density at radius 3 is 2.94 bits per heavy atom. The Labute approximate surface area is 98.3 Å². The van der Waals surface area contributed by atoms with Crippen molar-refractivity contribution in [3.05, 3.63) is 53.6 Å². The van der Waals surface area contributed by atoms with Crippen molar-refractivity contribution in [2.75, 3.05) is 0 Å². The second-order valence-corrected chi connectivity index (χ2v) is 6.29. The maximum Gasteiger partial charge on any atom is 0.0706 e. The lowest BCUT2D eigenvalue weighted by Crippen LogP contribution is -2.31. The summed E-state index contributed by atoms with van der Waals surface area (Å²) in [5.41, 5.74) is 2.39. The Kier molecular flexibility index (Phi) is 1.99. The predicted octanol–water partition coefficient (Wildman–Crippen LogP) is 2.87. The van der Waals surface area contributed by atoms with Crippen LogP contribution in [0.1, 0.15) is 18.1 Å². The zero-order valence-electron chi connectivity index (χ0n) is 9.44. The van der Waals surface area contributed by atoms with Crippen molar-refractivity contribution in [1.82, 2.24) is 0 Å². The van der Waals surface area contributed by atoms with Gasteiger partial charge in [0.15, 0.2) is 0 Å². The molecule has 0 N–H and O–H groups in total. The second-order valence-electron chi connectivity index (χ2n) is 4.74. The van der Waals surface area contributed by atoms with Gasteiger partial charge in [0.2, 0.25) is 0 Å². The summed E-state index contributed by atoms with van der Waals surface area (Å²) in [7, 11) is -0.900. The van der Waals surface area contributed by atoms with Gasteiger partial charge in [-0.15, -0.1) is 0 Å². The van der Waals surface area contributed by atoms with Crippen LogP contribution in [-0.4, -0.2) is 9.46 Å². The molecule has 1 aromatic rings. The highest BCUT2D eigenvalue weighted by Crippen LogP contribution is 2.46. The maximum atomic E-state index is 12.4. The number of allylic oxidation sites excluding steroid dienone is 3. The smallest absolute Gasteiger partial charge is 0.0706 e. The molecule has 3 atom stereocenters. The summed E-state index contributed by atoms with van der Waals surface area (Å²) in [6.07, 6.45) is 8.32. The topological polar surface area (TPSA) is 17.1 Å². The van der Waals surface area contributed by atoms with E-state index in [4.69, 9.17) is 0 Å². The van der Waals surface area contributed by atoms with Crippen molar-refractivity contribution in [3.8, 4) is 0 Å². The molecule has 0 fully saturated rings. The molecule has 2 aliphatic rings. The summed E-state index contributed by atoms with van der Waals surface area (Å²) in [5, 5.41) is 0.106. The van der Waals surface area contributed by atoms with Gasteiger partial charge in [0, 0.05) is 10.3 Å². The number of benzene rings is 1. The number of hydrogen-bond acceptors (Lipinski definition) is 1. The molecule has 0 amide bonds. The van der Waals surface area contributed by atoms with Crippen LogP contribution in [-0.2, 0) is 16.2 Å². The van der Waals surface area contributed by atoms with E-state index in [1.807, 2.05) is 18.2 Å². The van der Waals surface area contributed by atoms with Crippen LogP contribution in [0.5, 0.6) is 0 Å². The van der Waals surface area contributed by atoms with Crippen LogP contribution < -0.4 is 0 Å². The second kappa shape index (κ2) is 3.17. The Hall–Kier alpha value is -1.15. The van der Waals surface area contributed by atoms with Crippen molar-refractivity contribution >= 4 is 10.8 Å². The van der Waals surface area contributed by atoms with Crippen LogP contribution in [0.25, 0.3) is 0 Å². The highest BCUT2D eigenvalue weighted by molar-refractivity contribution is 7.86. The molecule has 0 saturated heterocycles. The largest absolute Gasteiger partial charge is 0.254 e. The molecule has 1 nitrogen and oxygen atoms in total. The molecule has 1 heterocycles. The lowest BCUT2D eigenvalue weighted by atomic mass is 9.77. The van der Waals surface area contributed by atoms with Gasteiger partial charge in [0.05, 0.1) is 16.0 Å². The van der Waals surface area contributed by atoms with Crippen molar-refractivity contribution in [3.63, 3.8) is 0 Å². The van der Waals surface area contributed by atoms with E-state index in [2.05, 4.69) is 38.1 Å². The Morgan fingerprint density at radius 1 is 1.31 bits per heavy atom. The number of aryl methyl sites for hydroxylation is 1. The summed E-state index contributed by atoms with van der Waals surface area (Å²) in [6, 6.07) is 6.24. The van der Waals surface area contributed by atoms with Gasteiger partial charge in [-0.05, 0) is 18.6 Å². The highest BCUT2D eigenvalue weighted by Gasteiger charge is 2.45. The van der Waals surface area contributed by atoms with Gasteiger partial charge in [0.1, 0.15) is 0 Å². The van der Waals surface area contributed by atoms with Crippen LogP contribution in [0.3, 0.4) is 0 Å². The van der Waals surface area contributed by atoms with Crippen molar-refractivity contribution in [2.24, 2.45) is 0 Å². The average Bonchev–Trinajstić information content (AvgIpc) is 2.49. The third-order valence-corrected chi connectivity index (χ3v) is 5.49. The van der Waals surface area contributed by atoms with Gasteiger partial charge in [-0.2, -0.15) is 0 Å². The van der Waals surface area contributed by atoms with Crippen LogP contribution in [0.15, 0.2) is 47.4 Å². The molecule has 16 heavy (non-hydrogen) atoms. The molecule has 0 bridgehead atoms. The summed E-state index contributed by atoms with van der Waals surface area (Å²) in [4.78, 5) is 1.01. The van der Waals surface area contributed by atoms with Crippen molar-refractivity contribution in [1.29, 1.82) is 0 Å². The Bertz CT molecular complexity index is 542. The highest BCUT2D eigenvalue weighted by atomic mass is 32.2. The summed E-state index contributed by atoms with van der Waals surface area (Å²) >= 11 is 0. The van der Waals surface area contributed by atoms with E-state index in [9.17, 15) is 4.21 Å². The van der Waals surface area contributed by atoms with Crippen molar-refractivity contribution < 1.29 is 4.21 Å². The maximum absolute atomic E-state index is 12.4. The predicted molar refractivity (Wildman–Crippen MR) is 67.0 cm³/mol.